The summed E-state index contributed by atoms with van der Waals surface area (Å²) in [4.78, 5) is 20.1. The highest BCUT2D eigenvalue weighted by Gasteiger charge is 2.45. The van der Waals surface area contributed by atoms with E-state index in [-0.39, 0.29) is 17.7 Å². The fourth-order valence-corrected chi connectivity index (χ4v) is 2.54. The van der Waals surface area contributed by atoms with E-state index in [1.165, 1.54) is 6.33 Å². The van der Waals surface area contributed by atoms with E-state index >= 15 is 0 Å². The Morgan fingerprint density at radius 1 is 1.27 bits per heavy atom. The number of benzene rings is 1. The lowest BCUT2D eigenvalue weighted by Gasteiger charge is -2.10. The van der Waals surface area contributed by atoms with E-state index in [9.17, 15) is 4.79 Å². The van der Waals surface area contributed by atoms with Gasteiger partial charge in [0.25, 0.3) is 0 Å². The predicted molar refractivity (Wildman–Crippen MR) is 81.1 cm³/mol. The molecule has 1 aromatic heterocycles. The second-order valence-electron chi connectivity index (χ2n) is 5.14. The average Bonchev–Trinajstić information content (AvgIpc) is 3.36. The van der Waals surface area contributed by atoms with Crippen LogP contribution in [0.3, 0.4) is 0 Å². The number of ether oxygens (including phenoxy) is 2. The third-order valence-electron chi connectivity index (χ3n) is 3.80. The van der Waals surface area contributed by atoms with Crippen LogP contribution in [-0.4, -0.2) is 30.1 Å². The summed E-state index contributed by atoms with van der Waals surface area (Å²) in [6.45, 7) is 0. The van der Waals surface area contributed by atoms with Gasteiger partial charge in [-0.05, 0) is 30.7 Å². The van der Waals surface area contributed by atoms with Crippen LogP contribution in [0.25, 0.3) is 0 Å². The molecule has 1 fully saturated rings. The van der Waals surface area contributed by atoms with E-state index in [1.54, 1.807) is 26.5 Å². The number of aromatic nitrogens is 2. The first-order chi connectivity index (χ1) is 10.7. The number of rotatable bonds is 5. The Morgan fingerprint density at radius 3 is 2.82 bits per heavy atom. The van der Waals surface area contributed by atoms with Crippen LogP contribution in [0.5, 0.6) is 11.5 Å². The van der Waals surface area contributed by atoms with Crippen molar-refractivity contribution < 1.29 is 14.3 Å². The number of amides is 1. The number of carbonyl (C=O) groups is 1. The molecule has 1 aromatic carbocycles. The van der Waals surface area contributed by atoms with Crippen molar-refractivity contribution in [2.45, 2.75) is 12.3 Å². The number of methoxy groups -OCH3 is 2. The maximum atomic E-state index is 12.3. The summed E-state index contributed by atoms with van der Waals surface area (Å²) in [5.74, 6) is 2.10. The maximum absolute atomic E-state index is 12.3. The Morgan fingerprint density at radius 2 is 2.14 bits per heavy atom. The van der Waals surface area contributed by atoms with Crippen LogP contribution < -0.4 is 14.8 Å². The standard InChI is InChI=1S/C16H17N3O3/c1-21-10-3-4-14(22-2)12(7-10)11-8-13(11)16(20)19-15-5-6-17-9-18-15/h3-7,9,11,13H,8H2,1-2H3,(H,17,18,19,20)/t11-,13+/m0/s1. The molecule has 0 saturated heterocycles. The molecule has 2 aromatic rings. The molecule has 1 amide bonds. The molecule has 0 spiro atoms. The van der Waals surface area contributed by atoms with Gasteiger partial charge in [0.15, 0.2) is 0 Å². The topological polar surface area (TPSA) is 73.3 Å². The molecule has 1 aliphatic rings. The van der Waals surface area contributed by atoms with E-state index in [0.29, 0.717) is 5.82 Å². The summed E-state index contributed by atoms with van der Waals surface area (Å²) in [6.07, 6.45) is 3.80. The number of anilines is 1. The van der Waals surface area contributed by atoms with Crippen LogP contribution in [0.1, 0.15) is 17.9 Å². The molecule has 0 bridgehead atoms. The van der Waals surface area contributed by atoms with Gasteiger partial charge in [-0.1, -0.05) is 0 Å². The third kappa shape index (κ3) is 2.86. The zero-order chi connectivity index (χ0) is 15.5. The average molecular weight is 299 g/mol. The van der Waals surface area contributed by atoms with E-state index in [1.807, 2.05) is 18.2 Å². The monoisotopic (exact) mass is 299 g/mol. The molecule has 0 unspecified atom stereocenters. The predicted octanol–water partition coefficient (Wildman–Crippen LogP) is 2.24. The molecule has 1 aliphatic carbocycles. The fraction of sp³-hybridized carbons (Fsp3) is 0.312. The lowest BCUT2D eigenvalue weighted by molar-refractivity contribution is -0.117. The number of nitrogens with one attached hydrogen (secondary N) is 1. The second-order valence-corrected chi connectivity index (χ2v) is 5.14. The van der Waals surface area contributed by atoms with Gasteiger partial charge in [0, 0.05) is 23.6 Å². The van der Waals surface area contributed by atoms with E-state index in [2.05, 4.69) is 15.3 Å². The molecule has 6 heteroatoms. The summed E-state index contributed by atoms with van der Waals surface area (Å²) in [6, 6.07) is 7.31. The van der Waals surface area contributed by atoms with Crippen molar-refractivity contribution >= 4 is 11.7 Å². The van der Waals surface area contributed by atoms with Gasteiger partial charge in [0.05, 0.1) is 14.2 Å². The van der Waals surface area contributed by atoms with Crippen LogP contribution >= 0.6 is 0 Å². The molecule has 1 heterocycles. The Labute approximate surface area is 128 Å². The van der Waals surface area contributed by atoms with Crippen molar-refractivity contribution in [3.05, 3.63) is 42.4 Å². The molecule has 0 radical (unpaired) electrons. The molecular formula is C16H17N3O3. The summed E-state index contributed by atoms with van der Waals surface area (Å²) >= 11 is 0. The van der Waals surface area contributed by atoms with Crippen LogP contribution in [0.2, 0.25) is 0 Å². The Hall–Kier alpha value is -2.63. The van der Waals surface area contributed by atoms with Crippen LogP contribution in [0.15, 0.2) is 36.8 Å². The first-order valence-electron chi connectivity index (χ1n) is 7.01. The Bertz CT molecular complexity index is 676. The van der Waals surface area contributed by atoms with Crippen molar-refractivity contribution in [3.63, 3.8) is 0 Å². The summed E-state index contributed by atoms with van der Waals surface area (Å²) < 4.78 is 10.6. The second kappa shape index (κ2) is 6.01. The van der Waals surface area contributed by atoms with E-state index < -0.39 is 0 Å². The lowest BCUT2D eigenvalue weighted by atomic mass is 10.1. The quantitative estimate of drug-likeness (QED) is 0.916. The number of hydrogen-bond donors (Lipinski definition) is 1. The minimum absolute atomic E-state index is 0.0337. The van der Waals surface area contributed by atoms with Gasteiger partial charge >= 0.3 is 0 Å². The number of carbonyl (C=O) groups excluding carboxylic acids is 1. The molecule has 0 aliphatic heterocycles. The Balaban J connectivity index is 1.72. The highest BCUT2D eigenvalue weighted by atomic mass is 16.5. The smallest absolute Gasteiger partial charge is 0.229 e. The molecule has 22 heavy (non-hydrogen) atoms. The molecule has 1 saturated carbocycles. The van der Waals surface area contributed by atoms with Gasteiger partial charge in [0.2, 0.25) is 5.91 Å². The van der Waals surface area contributed by atoms with Crippen molar-refractivity contribution in [2.75, 3.05) is 19.5 Å². The van der Waals surface area contributed by atoms with Crippen LogP contribution in [0, 0.1) is 5.92 Å². The molecule has 6 nitrogen and oxygen atoms in total. The molecule has 3 rings (SSSR count). The Kier molecular flexibility index (Phi) is 3.91. The van der Waals surface area contributed by atoms with Crippen molar-refractivity contribution in [1.82, 2.24) is 9.97 Å². The van der Waals surface area contributed by atoms with E-state index in [0.717, 1.165) is 23.5 Å². The van der Waals surface area contributed by atoms with Gasteiger partial charge in [0.1, 0.15) is 23.6 Å². The minimum atomic E-state index is -0.0732. The van der Waals surface area contributed by atoms with Crippen molar-refractivity contribution in [2.24, 2.45) is 5.92 Å². The fourth-order valence-electron chi connectivity index (χ4n) is 2.54. The van der Waals surface area contributed by atoms with Crippen LogP contribution in [-0.2, 0) is 4.79 Å². The van der Waals surface area contributed by atoms with Gasteiger partial charge < -0.3 is 14.8 Å². The van der Waals surface area contributed by atoms with Gasteiger partial charge in [-0.25, -0.2) is 9.97 Å². The third-order valence-corrected chi connectivity index (χ3v) is 3.80. The van der Waals surface area contributed by atoms with Crippen molar-refractivity contribution in [1.29, 1.82) is 0 Å². The highest BCUT2D eigenvalue weighted by molar-refractivity contribution is 5.94. The first-order valence-corrected chi connectivity index (χ1v) is 7.01. The maximum Gasteiger partial charge on any atom is 0.229 e. The van der Waals surface area contributed by atoms with E-state index in [4.69, 9.17) is 9.47 Å². The summed E-state index contributed by atoms with van der Waals surface area (Å²) in [5.41, 5.74) is 1.00. The zero-order valence-corrected chi connectivity index (χ0v) is 12.4. The van der Waals surface area contributed by atoms with Gasteiger partial charge in [-0.2, -0.15) is 0 Å². The van der Waals surface area contributed by atoms with Crippen molar-refractivity contribution in [3.8, 4) is 11.5 Å². The van der Waals surface area contributed by atoms with Crippen LogP contribution in [0.4, 0.5) is 5.82 Å². The zero-order valence-electron chi connectivity index (χ0n) is 12.4. The molecular weight excluding hydrogens is 282 g/mol. The van der Waals surface area contributed by atoms with Gasteiger partial charge in [-0.15, -0.1) is 0 Å². The van der Waals surface area contributed by atoms with Gasteiger partial charge in [-0.3, -0.25) is 4.79 Å². The molecule has 2 atom stereocenters. The number of nitrogens with zero attached hydrogens (tertiary/aromatic N) is 2. The SMILES string of the molecule is COc1ccc(OC)c([C@@H]2C[C@H]2C(=O)Nc2ccncn2)c1. The lowest BCUT2D eigenvalue weighted by Crippen LogP contribution is -2.15. The molecule has 114 valence electrons. The summed E-state index contributed by atoms with van der Waals surface area (Å²) in [5, 5.41) is 2.81. The molecule has 1 N–H and O–H groups in total. The first kappa shape index (κ1) is 14.3. The highest BCUT2D eigenvalue weighted by Crippen LogP contribution is 2.51. The largest absolute Gasteiger partial charge is 0.497 e. The normalized spacial score (nSPS) is 19.4. The number of hydrogen-bond acceptors (Lipinski definition) is 5. The minimum Gasteiger partial charge on any atom is -0.497 e. The summed E-state index contributed by atoms with van der Waals surface area (Å²) in [7, 11) is 3.25.